The predicted octanol–water partition coefficient (Wildman–Crippen LogP) is 7.01. The summed E-state index contributed by atoms with van der Waals surface area (Å²) in [4.78, 5) is 0. The van der Waals surface area contributed by atoms with E-state index in [1.54, 1.807) is 30.3 Å². The minimum absolute atomic E-state index is 0.136. The number of ether oxygens (including phenoxy) is 3. The van der Waals surface area contributed by atoms with Crippen LogP contribution in [-0.4, -0.2) is 19.3 Å². The maximum absolute atomic E-state index is 6.26. The average molecular weight is 436 g/mol. The first kappa shape index (κ1) is 21.0. The van der Waals surface area contributed by atoms with Crippen LogP contribution in [0.3, 0.4) is 0 Å². The fourth-order valence-electron chi connectivity index (χ4n) is 2.05. The second-order valence-corrected chi connectivity index (χ2v) is 6.91. The second-order valence-electron chi connectivity index (χ2n) is 5.41. The molecular formula is C19H18Cl4O3. The lowest BCUT2D eigenvalue weighted by Gasteiger charge is -2.18. The van der Waals surface area contributed by atoms with E-state index in [-0.39, 0.29) is 6.10 Å². The highest BCUT2D eigenvalue weighted by Crippen LogP contribution is 2.37. The summed E-state index contributed by atoms with van der Waals surface area (Å²) in [6.07, 6.45) is 2.19. The summed E-state index contributed by atoms with van der Waals surface area (Å²) in [6.45, 7) is 2.74. The van der Waals surface area contributed by atoms with E-state index in [0.29, 0.717) is 46.2 Å². The Hall–Kier alpha value is -1.26. The van der Waals surface area contributed by atoms with Gasteiger partial charge in [0.05, 0.1) is 22.8 Å². The standard InChI is InChI=1S/C19H18Cl4O3/c1-13(7-10-25-15-5-3-14(21)4-6-15)26-19-17(22)11-16(12-18(19)23)24-9-2-8-20/h2-6,8,11-13H,7,9-10H2,1H3/b8-2+. The molecule has 0 aliphatic carbocycles. The monoisotopic (exact) mass is 434 g/mol. The minimum Gasteiger partial charge on any atom is -0.493 e. The van der Waals surface area contributed by atoms with Crippen molar-refractivity contribution in [3.63, 3.8) is 0 Å². The van der Waals surface area contributed by atoms with Crippen LogP contribution in [-0.2, 0) is 0 Å². The molecule has 2 rings (SSSR count). The Balaban J connectivity index is 1.87. The van der Waals surface area contributed by atoms with Crippen LogP contribution in [0.2, 0.25) is 15.1 Å². The first-order chi connectivity index (χ1) is 12.5. The van der Waals surface area contributed by atoms with E-state index < -0.39 is 0 Å². The van der Waals surface area contributed by atoms with Gasteiger partial charge < -0.3 is 14.2 Å². The molecule has 140 valence electrons. The third-order valence-corrected chi connectivity index (χ3v) is 4.32. The van der Waals surface area contributed by atoms with Crippen LogP contribution in [0.4, 0.5) is 0 Å². The fourth-order valence-corrected chi connectivity index (χ4v) is 2.80. The number of rotatable bonds is 9. The molecule has 0 saturated carbocycles. The molecule has 7 heteroatoms. The number of hydrogen-bond donors (Lipinski definition) is 0. The quantitative estimate of drug-likeness (QED) is 0.423. The third-order valence-electron chi connectivity index (χ3n) is 3.33. The van der Waals surface area contributed by atoms with Crippen molar-refractivity contribution in [1.82, 2.24) is 0 Å². The van der Waals surface area contributed by atoms with Crippen molar-refractivity contribution in [2.75, 3.05) is 13.2 Å². The highest BCUT2D eigenvalue weighted by molar-refractivity contribution is 6.37. The molecule has 0 saturated heterocycles. The van der Waals surface area contributed by atoms with Gasteiger partial charge in [-0.15, -0.1) is 0 Å². The molecule has 0 bridgehead atoms. The maximum Gasteiger partial charge on any atom is 0.157 e. The molecule has 0 radical (unpaired) electrons. The summed E-state index contributed by atoms with van der Waals surface area (Å²) in [5, 5.41) is 1.44. The average Bonchev–Trinajstić information content (AvgIpc) is 2.60. The van der Waals surface area contributed by atoms with E-state index >= 15 is 0 Å². The van der Waals surface area contributed by atoms with E-state index in [9.17, 15) is 0 Å². The molecule has 0 aliphatic heterocycles. The lowest BCUT2D eigenvalue weighted by Crippen LogP contribution is -2.16. The van der Waals surface area contributed by atoms with Gasteiger partial charge in [0.15, 0.2) is 5.75 Å². The summed E-state index contributed by atoms with van der Waals surface area (Å²) in [5.74, 6) is 1.72. The van der Waals surface area contributed by atoms with Gasteiger partial charge in [-0.25, -0.2) is 0 Å². The van der Waals surface area contributed by atoms with Crippen molar-refractivity contribution >= 4 is 46.4 Å². The molecule has 0 aromatic heterocycles. The van der Waals surface area contributed by atoms with Gasteiger partial charge in [-0.1, -0.05) is 46.4 Å². The molecule has 2 aromatic carbocycles. The molecule has 0 N–H and O–H groups in total. The fraction of sp³-hybridized carbons (Fsp3) is 0.263. The molecule has 2 aromatic rings. The summed E-state index contributed by atoms with van der Waals surface area (Å²) >= 11 is 23.8. The molecule has 0 aliphatic rings. The van der Waals surface area contributed by atoms with Crippen LogP contribution < -0.4 is 14.2 Å². The lowest BCUT2D eigenvalue weighted by molar-refractivity contribution is 0.177. The Morgan fingerprint density at radius 2 is 1.62 bits per heavy atom. The molecule has 0 spiro atoms. The first-order valence-electron chi connectivity index (χ1n) is 7.91. The molecular weight excluding hydrogens is 418 g/mol. The molecule has 0 amide bonds. The largest absolute Gasteiger partial charge is 0.493 e. The zero-order chi connectivity index (χ0) is 18.9. The summed E-state index contributed by atoms with van der Waals surface area (Å²) in [7, 11) is 0. The van der Waals surface area contributed by atoms with Crippen molar-refractivity contribution in [3.8, 4) is 17.2 Å². The normalized spacial score (nSPS) is 12.2. The van der Waals surface area contributed by atoms with Crippen LogP contribution in [0.1, 0.15) is 13.3 Å². The van der Waals surface area contributed by atoms with Gasteiger partial charge in [-0.2, -0.15) is 0 Å². The number of hydrogen-bond acceptors (Lipinski definition) is 3. The topological polar surface area (TPSA) is 27.7 Å². The second kappa shape index (κ2) is 10.8. The highest BCUT2D eigenvalue weighted by Gasteiger charge is 2.14. The van der Waals surface area contributed by atoms with Gasteiger partial charge in [-0.05, 0) is 37.3 Å². The Morgan fingerprint density at radius 3 is 2.23 bits per heavy atom. The van der Waals surface area contributed by atoms with Crippen LogP contribution in [0, 0.1) is 0 Å². The van der Waals surface area contributed by atoms with E-state index in [1.165, 1.54) is 5.54 Å². The SMILES string of the molecule is CC(CCOc1ccc(Cl)cc1)Oc1c(Cl)cc(OC/C=C/Cl)cc1Cl. The van der Waals surface area contributed by atoms with Crippen molar-refractivity contribution in [2.45, 2.75) is 19.4 Å². The van der Waals surface area contributed by atoms with Crippen molar-refractivity contribution in [3.05, 3.63) is 63.1 Å². The first-order valence-corrected chi connectivity index (χ1v) is 9.48. The van der Waals surface area contributed by atoms with Gasteiger partial charge in [0.1, 0.15) is 18.1 Å². The zero-order valence-corrected chi connectivity index (χ0v) is 17.1. The van der Waals surface area contributed by atoms with Gasteiger partial charge in [0.2, 0.25) is 0 Å². The van der Waals surface area contributed by atoms with Gasteiger partial charge in [0, 0.05) is 29.1 Å². The van der Waals surface area contributed by atoms with Crippen LogP contribution in [0.25, 0.3) is 0 Å². The highest BCUT2D eigenvalue weighted by atomic mass is 35.5. The Kier molecular flexibility index (Phi) is 8.73. The van der Waals surface area contributed by atoms with Crippen molar-refractivity contribution in [2.24, 2.45) is 0 Å². The minimum atomic E-state index is -0.136. The number of benzene rings is 2. The van der Waals surface area contributed by atoms with Crippen molar-refractivity contribution < 1.29 is 14.2 Å². The summed E-state index contributed by atoms with van der Waals surface area (Å²) in [5.41, 5.74) is 1.38. The predicted molar refractivity (Wildman–Crippen MR) is 109 cm³/mol. The van der Waals surface area contributed by atoms with Gasteiger partial charge >= 0.3 is 0 Å². The Bertz CT molecular complexity index is 709. The molecule has 26 heavy (non-hydrogen) atoms. The lowest BCUT2D eigenvalue weighted by atomic mass is 10.2. The summed E-state index contributed by atoms with van der Waals surface area (Å²) in [6, 6.07) is 10.5. The van der Waals surface area contributed by atoms with Crippen molar-refractivity contribution in [1.29, 1.82) is 0 Å². The molecule has 0 fully saturated rings. The van der Waals surface area contributed by atoms with Crippen LogP contribution in [0.15, 0.2) is 48.0 Å². The Morgan fingerprint density at radius 1 is 0.962 bits per heavy atom. The molecule has 0 heterocycles. The Labute approximate surface area is 173 Å². The molecule has 1 unspecified atom stereocenters. The van der Waals surface area contributed by atoms with E-state index in [0.717, 1.165) is 5.75 Å². The third kappa shape index (κ3) is 6.81. The maximum atomic E-state index is 6.26. The van der Waals surface area contributed by atoms with E-state index in [1.807, 2.05) is 19.1 Å². The smallest absolute Gasteiger partial charge is 0.157 e. The zero-order valence-electron chi connectivity index (χ0n) is 14.1. The summed E-state index contributed by atoms with van der Waals surface area (Å²) < 4.78 is 17.0. The van der Waals surface area contributed by atoms with E-state index in [4.69, 9.17) is 60.6 Å². The number of halogens is 4. The molecule has 3 nitrogen and oxygen atoms in total. The van der Waals surface area contributed by atoms with Gasteiger partial charge in [0.25, 0.3) is 0 Å². The van der Waals surface area contributed by atoms with E-state index in [2.05, 4.69) is 0 Å². The van der Waals surface area contributed by atoms with Gasteiger partial charge in [-0.3, -0.25) is 0 Å². The van der Waals surface area contributed by atoms with Crippen LogP contribution >= 0.6 is 46.4 Å². The molecule has 1 atom stereocenters. The van der Waals surface area contributed by atoms with Crippen LogP contribution in [0.5, 0.6) is 17.2 Å².